The molecule has 2 atom stereocenters. The van der Waals surface area contributed by atoms with Crippen LogP contribution in [0.25, 0.3) is 0 Å². The first-order chi connectivity index (χ1) is 10.4. The maximum absolute atomic E-state index is 12.8. The highest BCUT2D eigenvalue weighted by atomic mass is 19.4. The van der Waals surface area contributed by atoms with Gasteiger partial charge in [-0.25, -0.2) is 0 Å². The van der Waals surface area contributed by atoms with E-state index < -0.39 is 17.3 Å². The number of benzene rings is 1. The lowest BCUT2D eigenvalue weighted by Crippen LogP contribution is -2.52. The molecule has 0 bridgehead atoms. The van der Waals surface area contributed by atoms with Gasteiger partial charge in [0.25, 0.3) is 0 Å². The number of halogens is 3. The molecule has 2 nitrogen and oxygen atoms in total. The molecule has 2 fully saturated rings. The van der Waals surface area contributed by atoms with Crippen molar-refractivity contribution in [2.75, 3.05) is 13.1 Å². The zero-order chi connectivity index (χ0) is 15.8. The number of hydrogen-bond acceptors (Lipinski definition) is 2. The molecule has 1 N–H and O–H groups in total. The molecule has 1 heterocycles. The number of hydrogen-bond donors (Lipinski definition) is 1. The minimum atomic E-state index is -4.29. The van der Waals surface area contributed by atoms with Gasteiger partial charge in [0.2, 0.25) is 0 Å². The van der Waals surface area contributed by atoms with Crippen LogP contribution in [0.4, 0.5) is 13.2 Å². The summed E-state index contributed by atoms with van der Waals surface area (Å²) in [7, 11) is 0. The highest BCUT2D eigenvalue weighted by molar-refractivity contribution is 5.25. The van der Waals surface area contributed by atoms with E-state index in [9.17, 15) is 18.3 Å². The lowest BCUT2D eigenvalue weighted by atomic mass is 9.71. The quantitative estimate of drug-likeness (QED) is 0.897. The summed E-state index contributed by atoms with van der Waals surface area (Å²) in [5.74, 6) is 0.265. The fraction of sp³-hybridized carbons (Fsp3) is 0.647. The van der Waals surface area contributed by atoms with Gasteiger partial charge in [0, 0.05) is 25.6 Å². The Labute approximate surface area is 128 Å². The summed E-state index contributed by atoms with van der Waals surface area (Å²) in [6.07, 6.45) is 0.563. The summed E-state index contributed by atoms with van der Waals surface area (Å²) in [5.41, 5.74) is -0.435. The van der Waals surface area contributed by atoms with Gasteiger partial charge >= 0.3 is 6.18 Å². The summed E-state index contributed by atoms with van der Waals surface area (Å²) in [5, 5.41) is 10.7. The smallest absolute Gasteiger partial charge is 0.390 e. The van der Waals surface area contributed by atoms with Crippen molar-refractivity contribution in [2.24, 2.45) is 5.92 Å². The van der Waals surface area contributed by atoms with Crippen LogP contribution in [0.2, 0.25) is 0 Å². The topological polar surface area (TPSA) is 23.5 Å². The highest BCUT2D eigenvalue weighted by Gasteiger charge is 2.42. The Morgan fingerprint density at radius 2 is 2.05 bits per heavy atom. The summed E-state index contributed by atoms with van der Waals surface area (Å²) < 4.78 is 38.3. The average molecular weight is 313 g/mol. The average Bonchev–Trinajstić information content (AvgIpc) is 2.47. The van der Waals surface area contributed by atoms with E-state index in [1.54, 1.807) is 6.07 Å². The third-order valence-electron chi connectivity index (χ3n) is 5.17. The molecule has 0 radical (unpaired) electrons. The van der Waals surface area contributed by atoms with Gasteiger partial charge in [-0.05, 0) is 30.9 Å². The number of aliphatic hydroxyl groups is 1. The number of likely N-dealkylation sites (tertiary alicyclic amines) is 1. The highest BCUT2D eigenvalue weighted by Crippen LogP contribution is 2.40. The molecule has 2 aliphatic rings. The van der Waals surface area contributed by atoms with Gasteiger partial charge in [-0.1, -0.05) is 31.0 Å². The van der Waals surface area contributed by atoms with E-state index in [2.05, 4.69) is 4.90 Å². The standard InChI is InChI=1S/C17H22F3NO/c18-17(19,20)14-6-3-4-13(10-14)11-21-9-8-16(22)7-2-1-5-15(16)12-21/h3-4,6,10,15,22H,1-2,5,7-9,11-12H2. The second-order valence-corrected chi connectivity index (χ2v) is 6.73. The van der Waals surface area contributed by atoms with Crippen molar-refractivity contribution in [3.8, 4) is 0 Å². The molecule has 0 aromatic heterocycles. The van der Waals surface area contributed by atoms with Crippen molar-refractivity contribution >= 4 is 0 Å². The molecule has 1 aliphatic heterocycles. The second-order valence-electron chi connectivity index (χ2n) is 6.73. The van der Waals surface area contributed by atoms with E-state index in [1.807, 2.05) is 0 Å². The lowest BCUT2D eigenvalue weighted by Gasteiger charge is -2.47. The second kappa shape index (κ2) is 5.85. The van der Waals surface area contributed by atoms with E-state index in [0.29, 0.717) is 12.1 Å². The molecule has 2 unspecified atom stereocenters. The summed E-state index contributed by atoms with van der Waals surface area (Å²) in [6.45, 7) is 2.06. The molecule has 1 saturated carbocycles. The van der Waals surface area contributed by atoms with Gasteiger partial charge in [-0.2, -0.15) is 13.2 Å². The zero-order valence-electron chi connectivity index (χ0n) is 12.6. The first-order valence-corrected chi connectivity index (χ1v) is 7.98. The van der Waals surface area contributed by atoms with Crippen LogP contribution in [-0.2, 0) is 12.7 Å². The van der Waals surface area contributed by atoms with Crippen LogP contribution in [0.15, 0.2) is 24.3 Å². The molecule has 1 aliphatic carbocycles. The molecule has 0 amide bonds. The number of alkyl halides is 3. The third kappa shape index (κ3) is 3.30. The number of nitrogens with zero attached hydrogens (tertiary/aromatic N) is 1. The van der Waals surface area contributed by atoms with Crippen molar-refractivity contribution in [2.45, 2.75) is 50.4 Å². The first-order valence-electron chi connectivity index (χ1n) is 7.98. The molecule has 122 valence electrons. The van der Waals surface area contributed by atoms with Crippen molar-refractivity contribution in [1.82, 2.24) is 4.90 Å². The monoisotopic (exact) mass is 313 g/mol. The van der Waals surface area contributed by atoms with Crippen LogP contribution in [0.3, 0.4) is 0 Å². The summed E-state index contributed by atoms with van der Waals surface area (Å²) in [6, 6.07) is 5.57. The van der Waals surface area contributed by atoms with Crippen LogP contribution in [-0.4, -0.2) is 28.7 Å². The van der Waals surface area contributed by atoms with Crippen LogP contribution in [0.1, 0.15) is 43.2 Å². The Hall–Kier alpha value is -1.07. The number of piperidine rings is 1. The SMILES string of the molecule is OC12CCCCC1CN(Cc1cccc(C(F)(F)F)c1)CC2. The summed E-state index contributed by atoms with van der Waals surface area (Å²) >= 11 is 0. The van der Waals surface area contributed by atoms with Crippen molar-refractivity contribution in [1.29, 1.82) is 0 Å². The maximum Gasteiger partial charge on any atom is 0.416 e. The largest absolute Gasteiger partial charge is 0.416 e. The Morgan fingerprint density at radius 1 is 1.23 bits per heavy atom. The molecule has 3 rings (SSSR count). The first kappa shape index (κ1) is 15.8. The van der Waals surface area contributed by atoms with Crippen molar-refractivity contribution in [3.63, 3.8) is 0 Å². The minimum Gasteiger partial charge on any atom is -0.390 e. The molecular weight excluding hydrogens is 291 g/mol. The number of fused-ring (bicyclic) bond motifs is 1. The van der Waals surface area contributed by atoms with Crippen LogP contribution < -0.4 is 0 Å². The van der Waals surface area contributed by atoms with Gasteiger partial charge < -0.3 is 5.11 Å². The number of rotatable bonds is 2. The molecular formula is C17H22F3NO. The van der Waals surface area contributed by atoms with Crippen molar-refractivity contribution in [3.05, 3.63) is 35.4 Å². The Balaban J connectivity index is 1.67. The third-order valence-corrected chi connectivity index (χ3v) is 5.17. The van der Waals surface area contributed by atoms with Gasteiger partial charge in [-0.15, -0.1) is 0 Å². The lowest BCUT2D eigenvalue weighted by molar-refractivity contribution is -0.137. The van der Waals surface area contributed by atoms with Crippen LogP contribution >= 0.6 is 0 Å². The Morgan fingerprint density at radius 3 is 2.82 bits per heavy atom. The Bertz CT molecular complexity index is 531. The van der Waals surface area contributed by atoms with E-state index in [4.69, 9.17) is 0 Å². The Kier molecular flexibility index (Phi) is 4.21. The maximum atomic E-state index is 12.8. The predicted octanol–water partition coefficient (Wildman–Crippen LogP) is 3.83. The summed E-state index contributed by atoms with van der Waals surface area (Å²) in [4.78, 5) is 2.18. The van der Waals surface area contributed by atoms with E-state index in [0.717, 1.165) is 51.3 Å². The van der Waals surface area contributed by atoms with Crippen LogP contribution in [0, 0.1) is 5.92 Å². The molecule has 0 spiro atoms. The van der Waals surface area contributed by atoms with Crippen molar-refractivity contribution < 1.29 is 18.3 Å². The van der Waals surface area contributed by atoms with Gasteiger partial charge in [0.15, 0.2) is 0 Å². The van der Waals surface area contributed by atoms with E-state index in [-0.39, 0.29) is 5.92 Å². The molecule has 1 aromatic carbocycles. The fourth-order valence-corrected chi connectivity index (χ4v) is 3.89. The molecule has 1 aromatic rings. The molecule has 22 heavy (non-hydrogen) atoms. The fourth-order valence-electron chi connectivity index (χ4n) is 3.89. The minimum absolute atomic E-state index is 0.265. The van der Waals surface area contributed by atoms with E-state index >= 15 is 0 Å². The van der Waals surface area contributed by atoms with Gasteiger partial charge in [-0.3, -0.25) is 4.90 Å². The van der Waals surface area contributed by atoms with Gasteiger partial charge in [0.1, 0.15) is 0 Å². The van der Waals surface area contributed by atoms with Gasteiger partial charge in [0.05, 0.1) is 11.2 Å². The zero-order valence-corrected chi connectivity index (χ0v) is 12.6. The molecule has 5 heteroatoms. The predicted molar refractivity (Wildman–Crippen MR) is 78.2 cm³/mol. The van der Waals surface area contributed by atoms with Crippen LogP contribution in [0.5, 0.6) is 0 Å². The normalized spacial score (nSPS) is 30.1. The molecule has 1 saturated heterocycles. The van der Waals surface area contributed by atoms with E-state index in [1.165, 1.54) is 12.1 Å².